The molecule has 0 spiro atoms. The predicted molar refractivity (Wildman–Crippen MR) is 85.6 cm³/mol. The van der Waals surface area contributed by atoms with E-state index >= 15 is 0 Å². The van der Waals surface area contributed by atoms with Crippen LogP contribution in [-0.2, 0) is 11.0 Å². The standard InChI is InChI=1S/C15H11F6N5O/c16-14(17,18)8-4-24-13(22)26-11(8)7-3-23-12-6(7)1-2-9(25-5-27)10(12)15(19,20)21/h1-5,13,23,26H,22H2,(H,25,27). The smallest absolute Gasteiger partial charge is 0.360 e. The third kappa shape index (κ3) is 3.35. The summed E-state index contributed by atoms with van der Waals surface area (Å²) in [5.74, 6) is 0. The second-order valence-corrected chi connectivity index (χ2v) is 5.53. The lowest BCUT2D eigenvalue weighted by atomic mass is 10.0. The van der Waals surface area contributed by atoms with Crippen molar-refractivity contribution >= 4 is 34.9 Å². The highest BCUT2D eigenvalue weighted by molar-refractivity contribution is 6.02. The molecule has 1 aliphatic heterocycles. The summed E-state index contributed by atoms with van der Waals surface area (Å²) in [7, 11) is 0. The van der Waals surface area contributed by atoms with Gasteiger partial charge in [0, 0.05) is 23.4 Å². The maximum atomic E-state index is 13.5. The lowest BCUT2D eigenvalue weighted by Gasteiger charge is -2.23. The van der Waals surface area contributed by atoms with Gasteiger partial charge in [-0.15, -0.1) is 0 Å². The van der Waals surface area contributed by atoms with Gasteiger partial charge in [-0.05, 0) is 6.07 Å². The normalized spacial score (nSPS) is 18.0. The molecule has 0 saturated heterocycles. The Balaban J connectivity index is 2.30. The number of aromatic nitrogens is 1. The van der Waals surface area contributed by atoms with Gasteiger partial charge in [0.2, 0.25) is 6.41 Å². The topological polar surface area (TPSA) is 95.3 Å². The van der Waals surface area contributed by atoms with E-state index in [-0.39, 0.29) is 17.4 Å². The second kappa shape index (κ2) is 6.30. The van der Waals surface area contributed by atoms with E-state index in [1.54, 1.807) is 0 Å². The second-order valence-electron chi connectivity index (χ2n) is 5.53. The van der Waals surface area contributed by atoms with Crippen molar-refractivity contribution in [3.63, 3.8) is 0 Å². The van der Waals surface area contributed by atoms with Crippen LogP contribution < -0.4 is 16.4 Å². The van der Waals surface area contributed by atoms with Crippen LogP contribution in [0.4, 0.5) is 32.0 Å². The number of nitrogens with one attached hydrogen (secondary N) is 3. The molecule has 1 aliphatic rings. The number of nitrogens with zero attached hydrogens (tertiary/aromatic N) is 1. The van der Waals surface area contributed by atoms with E-state index in [1.807, 2.05) is 5.32 Å². The average Bonchev–Trinajstić information content (AvgIpc) is 2.96. The number of amides is 1. The molecule has 0 radical (unpaired) electrons. The fourth-order valence-corrected chi connectivity index (χ4v) is 2.80. The Kier molecular flexibility index (Phi) is 4.38. The summed E-state index contributed by atoms with van der Waals surface area (Å²) in [6.07, 6.45) is -9.25. The number of H-pyrrole nitrogens is 1. The number of aromatic amines is 1. The Hall–Kier alpha value is -3.02. The van der Waals surface area contributed by atoms with Crippen LogP contribution in [0, 0.1) is 0 Å². The monoisotopic (exact) mass is 391 g/mol. The Bertz CT molecular complexity index is 956. The van der Waals surface area contributed by atoms with Crippen molar-refractivity contribution in [1.82, 2.24) is 10.3 Å². The zero-order valence-electron chi connectivity index (χ0n) is 13.2. The van der Waals surface area contributed by atoms with Gasteiger partial charge >= 0.3 is 12.4 Å². The van der Waals surface area contributed by atoms with E-state index < -0.39 is 46.7 Å². The number of aliphatic imine (C=N–C) groups is 1. The highest BCUT2D eigenvalue weighted by atomic mass is 19.4. The predicted octanol–water partition coefficient (Wildman–Crippen LogP) is 2.94. The van der Waals surface area contributed by atoms with Crippen LogP contribution in [-0.4, -0.2) is 30.1 Å². The number of halogens is 6. The summed E-state index contributed by atoms with van der Waals surface area (Å²) in [6, 6.07) is 2.13. The van der Waals surface area contributed by atoms with Crippen LogP contribution in [0.2, 0.25) is 0 Å². The summed E-state index contributed by atoms with van der Waals surface area (Å²) in [4.78, 5) is 16.4. The first-order valence-electron chi connectivity index (χ1n) is 7.32. The van der Waals surface area contributed by atoms with E-state index in [2.05, 4.69) is 15.3 Å². The summed E-state index contributed by atoms with van der Waals surface area (Å²) < 4.78 is 80.2. The quantitative estimate of drug-likeness (QED) is 0.479. The SMILES string of the molecule is NC1N=CC(C(F)(F)F)=C(c2c[nH]c3c(C(F)(F)F)c(NC=O)ccc23)N1. The zero-order chi connectivity index (χ0) is 20.0. The lowest BCUT2D eigenvalue weighted by molar-refractivity contribution is -0.135. The van der Waals surface area contributed by atoms with Gasteiger partial charge in [-0.2, -0.15) is 26.3 Å². The van der Waals surface area contributed by atoms with Crippen LogP contribution in [0.1, 0.15) is 11.1 Å². The summed E-state index contributed by atoms with van der Waals surface area (Å²) in [5.41, 5.74) is 1.45. The molecule has 1 aromatic carbocycles. The minimum atomic E-state index is -4.87. The molecular weight excluding hydrogens is 380 g/mol. The molecule has 1 unspecified atom stereocenters. The van der Waals surface area contributed by atoms with E-state index in [0.29, 0.717) is 6.21 Å². The Morgan fingerprint density at radius 1 is 1.15 bits per heavy atom. The molecule has 5 N–H and O–H groups in total. The molecule has 6 nitrogen and oxygen atoms in total. The lowest BCUT2D eigenvalue weighted by Crippen LogP contribution is -2.39. The third-order valence-corrected chi connectivity index (χ3v) is 3.85. The first-order chi connectivity index (χ1) is 12.5. The fourth-order valence-electron chi connectivity index (χ4n) is 2.80. The van der Waals surface area contributed by atoms with Gasteiger partial charge in [-0.3, -0.25) is 15.5 Å². The van der Waals surface area contributed by atoms with Crippen molar-refractivity contribution < 1.29 is 31.1 Å². The highest BCUT2D eigenvalue weighted by Crippen LogP contribution is 2.42. The van der Waals surface area contributed by atoms with Crippen molar-refractivity contribution in [1.29, 1.82) is 0 Å². The Morgan fingerprint density at radius 3 is 2.44 bits per heavy atom. The van der Waals surface area contributed by atoms with Crippen LogP contribution >= 0.6 is 0 Å². The summed E-state index contributed by atoms with van der Waals surface area (Å²) in [6.45, 7) is 0. The molecule has 3 rings (SSSR count). The van der Waals surface area contributed by atoms with Crippen molar-refractivity contribution in [2.75, 3.05) is 5.32 Å². The molecule has 144 valence electrons. The van der Waals surface area contributed by atoms with E-state index in [4.69, 9.17) is 5.73 Å². The minimum Gasteiger partial charge on any atom is -0.360 e. The summed E-state index contributed by atoms with van der Waals surface area (Å²) >= 11 is 0. The molecule has 1 aromatic heterocycles. The maximum Gasteiger partial charge on any atom is 0.420 e. The van der Waals surface area contributed by atoms with Gasteiger partial charge in [0.05, 0.1) is 22.5 Å². The number of allylic oxidation sites excluding steroid dienone is 1. The van der Waals surface area contributed by atoms with Gasteiger partial charge in [-0.25, -0.2) is 0 Å². The molecule has 0 saturated carbocycles. The minimum absolute atomic E-state index is 0.0721. The zero-order valence-corrected chi connectivity index (χ0v) is 13.2. The number of anilines is 1. The number of alkyl halides is 6. The van der Waals surface area contributed by atoms with Gasteiger partial charge in [0.15, 0.2) is 6.29 Å². The van der Waals surface area contributed by atoms with Crippen LogP contribution in [0.25, 0.3) is 16.6 Å². The molecule has 1 amide bonds. The molecule has 0 bridgehead atoms. The first kappa shape index (κ1) is 18.8. The molecule has 0 aliphatic carbocycles. The number of fused-ring (bicyclic) bond motifs is 1. The van der Waals surface area contributed by atoms with Crippen LogP contribution in [0.5, 0.6) is 0 Å². The van der Waals surface area contributed by atoms with Crippen molar-refractivity contribution in [3.05, 3.63) is 35.0 Å². The number of carbonyl (C=O) groups excluding carboxylic acids is 1. The number of benzene rings is 1. The van der Waals surface area contributed by atoms with Gasteiger partial charge in [0.1, 0.15) is 5.56 Å². The molecule has 2 heterocycles. The molecule has 12 heteroatoms. The number of rotatable bonds is 3. The van der Waals surface area contributed by atoms with E-state index in [1.165, 1.54) is 6.07 Å². The largest absolute Gasteiger partial charge is 0.420 e. The molecular formula is C15H11F6N5O. The number of hydrogen-bond acceptors (Lipinski definition) is 4. The van der Waals surface area contributed by atoms with Gasteiger partial charge in [-0.1, -0.05) is 6.07 Å². The average molecular weight is 391 g/mol. The maximum absolute atomic E-state index is 13.5. The molecule has 1 atom stereocenters. The molecule has 0 fully saturated rings. The number of hydrogen-bond donors (Lipinski definition) is 4. The van der Waals surface area contributed by atoms with E-state index in [0.717, 1.165) is 12.3 Å². The summed E-state index contributed by atoms with van der Waals surface area (Å²) in [5, 5.41) is 4.13. The van der Waals surface area contributed by atoms with Crippen molar-refractivity contribution in [2.24, 2.45) is 10.7 Å². The molecule has 27 heavy (non-hydrogen) atoms. The number of carbonyl (C=O) groups is 1. The van der Waals surface area contributed by atoms with Gasteiger partial charge < -0.3 is 15.6 Å². The first-order valence-corrected chi connectivity index (χ1v) is 7.32. The number of nitrogens with two attached hydrogens (primary N) is 1. The fraction of sp³-hybridized carbons (Fsp3) is 0.200. The highest BCUT2D eigenvalue weighted by Gasteiger charge is 2.40. The van der Waals surface area contributed by atoms with Crippen LogP contribution in [0.15, 0.2) is 28.9 Å². The Morgan fingerprint density at radius 2 is 1.85 bits per heavy atom. The van der Waals surface area contributed by atoms with Gasteiger partial charge in [0.25, 0.3) is 0 Å². The van der Waals surface area contributed by atoms with Crippen molar-refractivity contribution in [3.8, 4) is 0 Å². The van der Waals surface area contributed by atoms with Crippen LogP contribution in [0.3, 0.4) is 0 Å². The third-order valence-electron chi connectivity index (χ3n) is 3.85. The van der Waals surface area contributed by atoms with Crippen molar-refractivity contribution in [2.45, 2.75) is 18.6 Å². The van der Waals surface area contributed by atoms with E-state index in [9.17, 15) is 31.1 Å². The molecule has 2 aromatic rings. The Labute approximate surface area is 147 Å².